The van der Waals surface area contributed by atoms with E-state index >= 15 is 0 Å². The second-order valence-electron chi connectivity index (χ2n) is 5.04. The molecule has 0 unspecified atom stereocenters. The second kappa shape index (κ2) is 5.34. The first-order valence-electron chi connectivity index (χ1n) is 5.75. The van der Waals surface area contributed by atoms with Gasteiger partial charge in [0.2, 0.25) is 0 Å². The van der Waals surface area contributed by atoms with E-state index in [-0.39, 0.29) is 5.41 Å². The summed E-state index contributed by atoms with van der Waals surface area (Å²) in [5.41, 5.74) is 3.09. The molecule has 0 saturated heterocycles. The fourth-order valence-electron chi connectivity index (χ4n) is 1.85. The van der Waals surface area contributed by atoms with E-state index in [0.717, 1.165) is 23.1 Å². The van der Waals surface area contributed by atoms with Crippen LogP contribution in [0.25, 0.3) is 0 Å². The minimum absolute atomic E-state index is 0.0442. The standard InChI is InChI=1S/C13H21O3P/c1-6-13(4,5)11-8-9(2)7-10(3)12(11)16-17(14)15/h7-8,14-15H,6H2,1-5H3. The molecule has 1 aromatic rings. The first kappa shape index (κ1) is 14.4. The lowest BCUT2D eigenvalue weighted by molar-refractivity contribution is 0.366. The Morgan fingerprint density at radius 1 is 1.24 bits per heavy atom. The summed E-state index contributed by atoms with van der Waals surface area (Å²) in [6.45, 7) is 10.3. The monoisotopic (exact) mass is 256 g/mol. The average molecular weight is 256 g/mol. The first-order chi connectivity index (χ1) is 7.77. The number of aryl methyl sites for hydroxylation is 2. The molecule has 3 nitrogen and oxygen atoms in total. The van der Waals surface area contributed by atoms with Gasteiger partial charge in [-0.15, -0.1) is 0 Å². The van der Waals surface area contributed by atoms with Crippen LogP contribution in [0, 0.1) is 13.8 Å². The highest BCUT2D eigenvalue weighted by atomic mass is 31.2. The molecule has 0 spiro atoms. The molecule has 0 heterocycles. The van der Waals surface area contributed by atoms with Crippen molar-refractivity contribution in [2.45, 2.75) is 46.5 Å². The van der Waals surface area contributed by atoms with Gasteiger partial charge in [-0.05, 0) is 31.2 Å². The third kappa shape index (κ3) is 3.41. The summed E-state index contributed by atoms with van der Waals surface area (Å²) < 4.78 is 5.20. The number of rotatable bonds is 4. The lowest BCUT2D eigenvalue weighted by atomic mass is 9.80. The molecule has 0 aliphatic heterocycles. The summed E-state index contributed by atoms with van der Waals surface area (Å²) in [5.74, 6) is 0.610. The molecular weight excluding hydrogens is 235 g/mol. The van der Waals surface area contributed by atoms with Gasteiger partial charge in [-0.25, -0.2) is 0 Å². The van der Waals surface area contributed by atoms with E-state index in [4.69, 9.17) is 14.3 Å². The van der Waals surface area contributed by atoms with Crippen molar-refractivity contribution in [3.63, 3.8) is 0 Å². The maximum absolute atomic E-state index is 9.06. The molecule has 0 fully saturated rings. The SMILES string of the molecule is CCC(C)(C)c1cc(C)cc(C)c1OP(O)O. The van der Waals surface area contributed by atoms with E-state index in [9.17, 15) is 0 Å². The Balaban J connectivity index is 3.35. The van der Waals surface area contributed by atoms with Crippen LogP contribution in [-0.2, 0) is 5.41 Å². The third-order valence-corrected chi connectivity index (χ3v) is 3.55. The highest BCUT2D eigenvalue weighted by Crippen LogP contribution is 2.41. The van der Waals surface area contributed by atoms with Crippen molar-refractivity contribution in [1.82, 2.24) is 0 Å². The molecule has 1 aromatic carbocycles. The lowest BCUT2D eigenvalue weighted by Gasteiger charge is -2.27. The molecule has 0 radical (unpaired) electrons. The zero-order chi connectivity index (χ0) is 13.2. The van der Waals surface area contributed by atoms with Gasteiger partial charge in [0.15, 0.2) is 0 Å². The number of hydrogen-bond donors (Lipinski definition) is 2. The second-order valence-corrected chi connectivity index (χ2v) is 5.73. The van der Waals surface area contributed by atoms with Gasteiger partial charge in [0.1, 0.15) is 5.75 Å². The Morgan fingerprint density at radius 3 is 2.29 bits per heavy atom. The van der Waals surface area contributed by atoms with Gasteiger partial charge in [0, 0.05) is 5.56 Å². The minimum Gasteiger partial charge on any atom is -0.426 e. The van der Waals surface area contributed by atoms with Gasteiger partial charge in [0.05, 0.1) is 0 Å². The van der Waals surface area contributed by atoms with E-state index in [1.807, 2.05) is 19.9 Å². The van der Waals surface area contributed by atoms with Crippen LogP contribution in [0.4, 0.5) is 0 Å². The summed E-state index contributed by atoms with van der Waals surface area (Å²) in [7, 11) is -2.37. The molecule has 17 heavy (non-hydrogen) atoms. The molecule has 0 aliphatic rings. The minimum atomic E-state index is -2.37. The summed E-state index contributed by atoms with van der Waals surface area (Å²) in [6.07, 6.45) is 0.959. The maximum Gasteiger partial charge on any atom is 0.391 e. The van der Waals surface area contributed by atoms with E-state index in [0.29, 0.717) is 5.75 Å². The van der Waals surface area contributed by atoms with Crippen molar-refractivity contribution in [3.05, 3.63) is 28.8 Å². The van der Waals surface area contributed by atoms with Crippen LogP contribution in [0.5, 0.6) is 5.75 Å². The topological polar surface area (TPSA) is 49.7 Å². The van der Waals surface area contributed by atoms with Gasteiger partial charge in [-0.2, -0.15) is 0 Å². The Morgan fingerprint density at radius 2 is 1.82 bits per heavy atom. The summed E-state index contributed by atoms with van der Waals surface area (Å²) >= 11 is 0. The van der Waals surface area contributed by atoms with E-state index in [2.05, 4.69) is 26.8 Å². The van der Waals surface area contributed by atoms with Crippen LogP contribution in [0.1, 0.15) is 43.9 Å². The molecule has 0 atom stereocenters. The number of benzene rings is 1. The van der Waals surface area contributed by atoms with Gasteiger partial charge in [0.25, 0.3) is 0 Å². The third-order valence-electron chi connectivity index (χ3n) is 3.20. The van der Waals surface area contributed by atoms with Crippen LogP contribution >= 0.6 is 8.60 Å². The largest absolute Gasteiger partial charge is 0.426 e. The van der Waals surface area contributed by atoms with Gasteiger partial charge in [-0.3, -0.25) is 0 Å². The first-order valence-corrected chi connectivity index (χ1v) is 6.92. The van der Waals surface area contributed by atoms with Gasteiger partial charge < -0.3 is 14.3 Å². The predicted molar refractivity (Wildman–Crippen MR) is 71.2 cm³/mol. The van der Waals surface area contributed by atoms with E-state index in [1.165, 1.54) is 0 Å². The molecule has 0 amide bonds. The zero-order valence-electron chi connectivity index (χ0n) is 11.1. The zero-order valence-corrected chi connectivity index (χ0v) is 12.0. The summed E-state index contributed by atoms with van der Waals surface area (Å²) in [5, 5.41) is 0. The van der Waals surface area contributed by atoms with Gasteiger partial charge >= 0.3 is 8.60 Å². The fraction of sp³-hybridized carbons (Fsp3) is 0.538. The Labute approximate surface area is 104 Å². The molecule has 0 bridgehead atoms. The van der Waals surface area contributed by atoms with Gasteiger partial charge in [-0.1, -0.05) is 38.5 Å². The van der Waals surface area contributed by atoms with Crippen molar-refractivity contribution in [2.75, 3.05) is 0 Å². The van der Waals surface area contributed by atoms with Crippen LogP contribution in [0.3, 0.4) is 0 Å². The predicted octanol–water partition coefficient (Wildman–Crippen LogP) is 3.58. The molecule has 0 saturated carbocycles. The van der Waals surface area contributed by atoms with Crippen molar-refractivity contribution in [3.8, 4) is 5.75 Å². The Kier molecular flexibility index (Phi) is 4.54. The Hall–Kier alpha value is -0.630. The van der Waals surface area contributed by atoms with Crippen molar-refractivity contribution in [1.29, 1.82) is 0 Å². The molecule has 0 aliphatic carbocycles. The highest BCUT2D eigenvalue weighted by molar-refractivity contribution is 7.39. The van der Waals surface area contributed by atoms with Crippen LogP contribution in [0.2, 0.25) is 0 Å². The molecule has 1 rings (SSSR count). The molecular formula is C13H21O3P. The molecule has 4 heteroatoms. The molecule has 2 N–H and O–H groups in total. The molecule has 0 aromatic heterocycles. The Bertz CT molecular complexity index is 400. The van der Waals surface area contributed by atoms with Crippen LogP contribution in [0.15, 0.2) is 12.1 Å². The number of hydrogen-bond acceptors (Lipinski definition) is 3. The summed E-state index contributed by atoms with van der Waals surface area (Å²) in [4.78, 5) is 18.1. The van der Waals surface area contributed by atoms with E-state index < -0.39 is 8.60 Å². The highest BCUT2D eigenvalue weighted by Gasteiger charge is 2.25. The quantitative estimate of drug-likeness (QED) is 0.809. The van der Waals surface area contributed by atoms with Crippen LogP contribution in [-0.4, -0.2) is 9.79 Å². The fourth-order valence-corrected chi connectivity index (χ4v) is 2.26. The van der Waals surface area contributed by atoms with E-state index in [1.54, 1.807) is 0 Å². The maximum atomic E-state index is 9.06. The van der Waals surface area contributed by atoms with Crippen molar-refractivity contribution < 1.29 is 14.3 Å². The van der Waals surface area contributed by atoms with Crippen molar-refractivity contribution >= 4 is 8.60 Å². The summed E-state index contributed by atoms with van der Waals surface area (Å²) in [6, 6.07) is 4.05. The lowest BCUT2D eigenvalue weighted by Crippen LogP contribution is -2.17. The normalized spacial score (nSPS) is 12.0. The smallest absolute Gasteiger partial charge is 0.391 e. The van der Waals surface area contributed by atoms with Crippen molar-refractivity contribution in [2.24, 2.45) is 0 Å². The molecule has 96 valence electrons. The van der Waals surface area contributed by atoms with Crippen LogP contribution < -0.4 is 4.52 Å². The average Bonchev–Trinajstić information content (AvgIpc) is 2.21.